The number of unbranched alkanes of at least 4 members (excludes halogenated alkanes) is 44. The SMILES string of the molecule is CCCCCCCCCCCCCCCCCCCCCCCCCCCCC(=O)CCCCCCCCCCCCCCCCCCCCCC. The van der Waals surface area contributed by atoms with Crippen molar-refractivity contribution in [2.45, 2.75) is 322 Å². The Bertz CT molecular complexity index is 625. The second-order valence-electron chi connectivity index (χ2n) is 17.6. The quantitative estimate of drug-likeness (QED) is 0.0570. The Morgan fingerprint density at radius 3 is 0.442 bits per heavy atom. The molecule has 0 saturated heterocycles. The summed E-state index contributed by atoms with van der Waals surface area (Å²) in [6.45, 7) is 4.61. The van der Waals surface area contributed by atoms with Crippen LogP contribution in [0.1, 0.15) is 322 Å². The molecule has 0 amide bonds. The second-order valence-corrected chi connectivity index (χ2v) is 17.6. The standard InChI is InChI=1S/C51H102O/c1-3-5-7-9-11-13-15-17-19-21-23-25-26-27-28-29-30-32-34-36-38-40-42-44-46-48-50-51(52)49-47-45-43-41-39-37-35-33-31-24-22-20-18-16-14-12-10-8-6-4-2/h3-50H2,1-2H3. The summed E-state index contributed by atoms with van der Waals surface area (Å²) in [5.41, 5.74) is 0. The highest BCUT2D eigenvalue weighted by Gasteiger charge is 2.03. The number of carbonyl (C=O) groups excluding carboxylic acids is 1. The number of Topliss-reactive ketones (excluding diaryl/α,β-unsaturated/α-hetero) is 1. The van der Waals surface area contributed by atoms with Crippen LogP contribution in [0.25, 0.3) is 0 Å². The molecule has 0 heterocycles. The van der Waals surface area contributed by atoms with Crippen molar-refractivity contribution in [1.29, 1.82) is 0 Å². The molecule has 0 aromatic rings. The Labute approximate surface area is 331 Å². The van der Waals surface area contributed by atoms with Crippen LogP contribution < -0.4 is 0 Å². The molecule has 0 atom stereocenters. The molecule has 1 heteroatoms. The molecule has 0 aliphatic rings. The molecule has 0 unspecified atom stereocenters. The van der Waals surface area contributed by atoms with Crippen LogP contribution in [0.4, 0.5) is 0 Å². The van der Waals surface area contributed by atoms with Crippen LogP contribution in [0, 0.1) is 0 Å². The zero-order valence-electron chi connectivity index (χ0n) is 36.8. The molecule has 0 rings (SSSR count). The topological polar surface area (TPSA) is 17.1 Å². The molecular weight excluding hydrogens is 629 g/mol. The molecule has 312 valence electrons. The van der Waals surface area contributed by atoms with Crippen molar-refractivity contribution in [2.75, 3.05) is 0 Å². The summed E-state index contributed by atoms with van der Waals surface area (Å²) in [4.78, 5) is 12.3. The van der Waals surface area contributed by atoms with Gasteiger partial charge in [-0.25, -0.2) is 0 Å². The van der Waals surface area contributed by atoms with Gasteiger partial charge in [0.15, 0.2) is 0 Å². The third-order valence-corrected chi connectivity index (χ3v) is 12.1. The Kier molecular flexibility index (Phi) is 48.4. The highest BCUT2D eigenvalue weighted by Crippen LogP contribution is 2.18. The summed E-state index contributed by atoms with van der Waals surface area (Å²) >= 11 is 0. The zero-order chi connectivity index (χ0) is 37.5. The predicted octanol–water partition coefficient (Wildman–Crippen LogP) is 19.3. The van der Waals surface area contributed by atoms with Gasteiger partial charge in [0.1, 0.15) is 5.78 Å². The van der Waals surface area contributed by atoms with Gasteiger partial charge in [-0.2, -0.15) is 0 Å². The molecule has 0 spiro atoms. The number of ketones is 1. The highest BCUT2D eigenvalue weighted by molar-refractivity contribution is 5.78. The van der Waals surface area contributed by atoms with E-state index in [1.54, 1.807) is 0 Å². The minimum atomic E-state index is 0.534. The van der Waals surface area contributed by atoms with E-state index >= 15 is 0 Å². The normalized spacial score (nSPS) is 11.6. The molecular formula is C51H102O. The number of rotatable bonds is 48. The van der Waals surface area contributed by atoms with Crippen molar-refractivity contribution < 1.29 is 4.79 Å². The molecule has 0 N–H and O–H groups in total. The lowest BCUT2D eigenvalue weighted by Gasteiger charge is -2.05. The Morgan fingerprint density at radius 2 is 0.308 bits per heavy atom. The van der Waals surface area contributed by atoms with Crippen molar-refractivity contribution in [1.82, 2.24) is 0 Å². The Morgan fingerprint density at radius 1 is 0.192 bits per heavy atom. The summed E-state index contributed by atoms with van der Waals surface area (Å²) < 4.78 is 0. The lowest BCUT2D eigenvalue weighted by molar-refractivity contribution is -0.119. The largest absolute Gasteiger partial charge is 0.300 e. The molecule has 0 saturated carbocycles. The van der Waals surface area contributed by atoms with Crippen molar-refractivity contribution in [3.63, 3.8) is 0 Å². The molecule has 0 aliphatic carbocycles. The fourth-order valence-electron chi connectivity index (χ4n) is 8.34. The fourth-order valence-corrected chi connectivity index (χ4v) is 8.34. The number of carbonyl (C=O) groups is 1. The zero-order valence-corrected chi connectivity index (χ0v) is 36.8. The molecule has 0 aromatic carbocycles. The lowest BCUT2D eigenvalue weighted by atomic mass is 10.0. The smallest absolute Gasteiger partial charge is 0.132 e. The maximum absolute atomic E-state index is 12.3. The number of hydrogen-bond donors (Lipinski definition) is 0. The summed E-state index contributed by atoms with van der Waals surface area (Å²) in [6, 6.07) is 0. The second kappa shape index (κ2) is 48.7. The van der Waals surface area contributed by atoms with Crippen LogP contribution in [0.5, 0.6) is 0 Å². The summed E-state index contributed by atoms with van der Waals surface area (Å²) in [6.07, 6.45) is 67.3. The summed E-state index contributed by atoms with van der Waals surface area (Å²) in [5.74, 6) is 0.534. The van der Waals surface area contributed by atoms with Crippen LogP contribution in [0.3, 0.4) is 0 Å². The van der Waals surface area contributed by atoms with Crippen LogP contribution >= 0.6 is 0 Å². The van der Waals surface area contributed by atoms with Gasteiger partial charge in [0.2, 0.25) is 0 Å². The van der Waals surface area contributed by atoms with Crippen molar-refractivity contribution in [2.24, 2.45) is 0 Å². The summed E-state index contributed by atoms with van der Waals surface area (Å²) in [7, 11) is 0. The monoisotopic (exact) mass is 731 g/mol. The third kappa shape index (κ3) is 47.7. The molecule has 0 aromatic heterocycles. The molecule has 0 fully saturated rings. The van der Waals surface area contributed by atoms with E-state index in [4.69, 9.17) is 0 Å². The molecule has 52 heavy (non-hydrogen) atoms. The van der Waals surface area contributed by atoms with Gasteiger partial charge in [-0.05, 0) is 12.8 Å². The van der Waals surface area contributed by atoms with Gasteiger partial charge in [-0.1, -0.05) is 296 Å². The molecule has 0 aliphatic heterocycles. The van der Waals surface area contributed by atoms with E-state index in [0.717, 1.165) is 25.7 Å². The van der Waals surface area contributed by atoms with Crippen molar-refractivity contribution in [3.05, 3.63) is 0 Å². The van der Waals surface area contributed by atoms with E-state index in [9.17, 15) is 4.79 Å². The van der Waals surface area contributed by atoms with Crippen molar-refractivity contribution >= 4 is 5.78 Å². The van der Waals surface area contributed by atoms with Gasteiger partial charge in [0.05, 0.1) is 0 Å². The first-order valence-electron chi connectivity index (χ1n) is 25.3. The average Bonchev–Trinajstić information content (AvgIpc) is 3.15. The van der Waals surface area contributed by atoms with Gasteiger partial charge in [0, 0.05) is 12.8 Å². The lowest BCUT2D eigenvalue weighted by Crippen LogP contribution is -1.97. The minimum absolute atomic E-state index is 0.534. The van der Waals surface area contributed by atoms with E-state index in [2.05, 4.69) is 13.8 Å². The minimum Gasteiger partial charge on any atom is -0.300 e. The molecule has 0 bridgehead atoms. The maximum atomic E-state index is 12.3. The third-order valence-electron chi connectivity index (χ3n) is 12.1. The van der Waals surface area contributed by atoms with E-state index in [-0.39, 0.29) is 0 Å². The Hall–Kier alpha value is -0.330. The first kappa shape index (κ1) is 51.7. The summed E-state index contributed by atoms with van der Waals surface area (Å²) in [5, 5.41) is 0. The highest BCUT2D eigenvalue weighted by atomic mass is 16.1. The van der Waals surface area contributed by atoms with Crippen LogP contribution in [-0.4, -0.2) is 5.78 Å². The van der Waals surface area contributed by atoms with Crippen molar-refractivity contribution in [3.8, 4) is 0 Å². The number of hydrogen-bond acceptors (Lipinski definition) is 1. The van der Waals surface area contributed by atoms with Gasteiger partial charge in [0.25, 0.3) is 0 Å². The van der Waals surface area contributed by atoms with Gasteiger partial charge in [-0.3, -0.25) is 4.79 Å². The first-order valence-corrected chi connectivity index (χ1v) is 25.3. The predicted molar refractivity (Wildman–Crippen MR) is 238 cm³/mol. The van der Waals surface area contributed by atoms with E-state index in [1.807, 2.05) is 0 Å². The molecule has 1 nitrogen and oxygen atoms in total. The Balaban J connectivity index is 3.14. The van der Waals surface area contributed by atoms with Gasteiger partial charge >= 0.3 is 0 Å². The van der Waals surface area contributed by atoms with Crippen LogP contribution in [-0.2, 0) is 4.79 Å². The molecule has 0 radical (unpaired) electrons. The van der Waals surface area contributed by atoms with Crippen LogP contribution in [0.2, 0.25) is 0 Å². The van der Waals surface area contributed by atoms with Crippen LogP contribution in [0.15, 0.2) is 0 Å². The fraction of sp³-hybridized carbons (Fsp3) is 0.980. The van der Waals surface area contributed by atoms with Gasteiger partial charge < -0.3 is 0 Å². The average molecular weight is 731 g/mol. The van der Waals surface area contributed by atoms with E-state index < -0.39 is 0 Å². The van der Waals surface area contributed by atoms with E-state index in [1.165, 1.54) is 283 Å². The van der Waals surface area contributed by atoms with E-state index in [0.29, 0.717) is 5.78 Å². The first-order chi connectivity index (χ1) is 25.8. The van der Waals surface area contributed by atoms with Gasteiger partial charge in [-0.15, -0.1) is 0 Å². The maximum Gasteiger partial charge on any atom is 0.132 e.